The second-order valence-corrected chi connectivity index (χ2v) is 22.2. The van der Waals surface area contributed by atoms with Crippen LogP contribution in [0.3, 0.4) is 0 Å². The molecule has 6 amide bonds. The third-order valence-corrected chi connectivity index (χ3v) is 15.7. The number of hydrogen-bond acceptors (Lipinski definition) is 15. The minimum Gasteiger partial charge on any atom is -1.00 e. The fourth-order valence-electron chi connectivity index (χ4n) is 11.5. The third kappa shape index (κ3) is 19.2. The van der Waals surface area contributed by atoms with Crippen LogP contribution in [0.15, 0.2) is 146 Å². The second kappa shape index (κ2) is 35.5. The summed E-state index contributed by atoms with van der Waals surface area (Å²) in [6.07, 6.45) is -0.854. The molecule has 21 nitrogen and oxygen atoms in total. The maximum Gasteiger partial charge on any atom is 1.00 e. The van der Waals surface area contributed by atoms with Crippen LogP contribution in [0.1, 0.15) is 80.3 Å². The predicted molar refractivity (Wildman–Crippen MR) is 329 cm³/mol. The molecule has 464 valence electrons. The summed E-state index contributed by atoms with van der Waals surface area (Å²) in [6.45, 7) is 12.1. The summed E-state index contributed by atoms with van der Waals surface area (Å²) in [5, 5.41) is 25.5. The van der Waals surface area contributed by atoms with E-state index in [1.165, 1.54) is 76.6 Å². The molecule has 4 aliphatic heterocycles. The number of benzene rings is 6. The zero-order valence-electron chi connectivity index (χ0n) is 52.3. The van der Waals surface area contributed by atoms with Crippen molar-refractivity contribution in [2.75, 3.05) is 72.2 Å². The van der Waals surface area contributed by atoms with Gasteiger partial charge in [0.1, 0.15) is 32.9 Å². The fourth-order valence-corrected chi connectivity index (χ4v) is 11.5. The first kappa shape index (κ1) is 71.9. The van der Waals surface area contributed by atoms with Crippen LogP contribution < -0.4 is 96.3 Å². The Morgan fingerprint density at radius 3 is 1.24 bits per heavy atom. The number of piperazine rings is 4. The van der Waals surface area contributed by atoms with Crippen LogP contribution in [0.2, 0.25) is 0 Å². The molecule has 0 spiro atoms. The van der Waals surface area contributed by atoms with Crippen molar-refractivity contribution < 1.29 is 123 Å². The van der Waals surface area contributed by atoms with Crippen molar-refractivity contribution >= 4 is 59.3 Å². The van der Waals surface area contributed by atoms with E-state index in [0.717, 1.165) is 13.1 Å². The van der Waals surface area contributed by atoms with Crippen molar-refractivity contribution in [1.82, 2.24) is 41.7 Å². The monoisotopic (exact) mass is 1270 g/mol. The summed E-state index contributed by atoms with van der Waals surface area (Å²) in [5.74, 6) is 0.0588. The van der Waals surface area contributed by atoms with E-state index in [-0.39, 0.29) is 153 Å². The summed E-state index contributed by atoms with van der Waals surface area (Å²) in [4.78, 5) is 93.9. The molecule has 4 heterocycles. The quantitative estimate of drug-likeness (QED) is 0.0316. The molecular weight excluding hydrogens is 1190 g/mol. The average Bonchev–Trinajstić information content (AvgIpc) is 1.71. The largest absolute Gasteiger partial charge is 1.00 e. The molecule has 6 aromatic carbocycles. The number of rotatable bonds is 7. The Labute approximate surface area is 574 Å². The molecule has 4 saturated heterocycles. The molecule has 6 N–H and O–H groups in total. The van der Waals surface area contributed by atoms with E-state index in [2.05, 4.69) is 110 Å². The Morgan fingerprint density at radius 1 is 0.511 bits per heavy atom. The summed E-state index contributed by atoms with van der Waals surface area (Å²) in [7, 11) is 0. The molecule has 4 atom stereocenters. The number of carbonyl (C=O) groups is 8. The standard InChI is InChI=1S/2C20H20N2O3.C15H11ClO2.2C5H10N2O.CH2O3.2Na.H/c1-13-10-22(11-19(23)21-13)20(24)25-12-18-16-8-4-2-6-14(16)15-7-3-5-9-17(15)18;1-13-10-21-19(23)11-22(13)20(24)25-12-18-16-8-4-2-6-14(16)15-7-3-5-9-17(15)18;16-15(17)18-9-14-12-7-3-1-5-10(12)11-6-2-4-8-13(11)14;1-4-2-7-5(8)3-6-4;1-4-2-6-3-5(8)7-4;2-1-4-3;;;/h2*2-9,13,18H,10-12H2,1H3,(H,21,23);1-8,14H,9H2;2*4,6H,2-3H2,1H3,(H,7,8);1,3H;;;/q;;;;;;2*+1;-1/p-1. The average molecular weight is 1270 g/mol. The maximum absolute atomic E-state index is 12.5. The number of halogens is 1. The van der Waals surface area contributed by atoms with E-state index >= 15 is 0 Å². The first-order chi connectivity index (χ1) is 42.5. The van der Waals surface area contributed by atoms with E-state index in [1.807, 2.05) is 100 Å². The molecule has 24 heteroatoms. The zero-order valence-corrected chi connectivity index (χ0v) is 56.1. The Morgan fingerprint density at radius 2 is 0.900 bits per heavy atom. The molecule has 0 radical (unpaired) electrons. The number of ether oxygens (including phenoxy) is 3. The molecule has 0 aromatic heterocycles. The van der Waals surface area contributed by atoms with Gasteiger partial charge in [0, 0.05) is 73.7 Å². The van der Waals surface area contributed by atoms with Crippen LogP contribution in [0.25, 0.3) is 33.4 Å². The van der Waals surface area contributed by atoms with Gasteiger partial charge in [-0.15, -0.1) is 0 Å². The molecule has 13 rings (SSSR count). The van der Waals surface area contributed by atoms with E-state index in [4.69, 9.17) is 35.9 Å². The molecule has 7 aliphatic rings. The number of hydrogen-bond donors (Lipinski definition) is 6. The van der Waals surface area contributed by atoms with Gasteiger partial charge in [0.25, 0.3) is 6.47 Å². The van der Waals surface area contributed by atoms with Gasteiger partial charge in [-0.05, 0) is 94.5 Å². The topological polar surface area (TPSA) is 275 Å². The summed E-state index contributed by atoms with van der Waals surface area (Å²) >= 11 is 5.25. The SMILES string of the molecule is CC1CN(C(=O)OCC2c3ccccc3-c3ccccc32)CC(=O)N1.CC1CNC(=O)CN1.CC1CNC(=O)CN1C(=O)OCC1c2ccccc2-c2ccccc21.CC1CNCC(=O)N1.O=C(Cl)OCC1c2ccccc2-c2ccccc21.O=CO[O-].[H-].[Na+].[Na+]. The van der Waals surface area contributed by atoms with Gasteiger partial charge in [0.15, 0.2) is 0 Å². The smallest absolute Gasteiger partial charge is 1.00 e. The minimum absolute atomic E-state index is 0. The summed E-state index contributed by atoms with van der Waals surface area (Å²) < 4.78 is 16.2. The third-order valence-electron chi connectivity index (χ3n) is 15.6. The maximum atomic E-state index is 12.5. The van der Waals surface area contributed by atoms with Crippen LogP contribution >= 0.6 is 11.6 Å². The van der Waals surface area contributed by atoms with Crippen LogP contribution in [0.4, 0.5) is 14.4 Å². The van der Waals surface area contributed by atoms with Crippen molar-refractivity contribution in [3.05, 3.63) is 179 Å². The van der Waals surface area contributed by atoms with Crippen LogP contribution in [-0.4, -0.2) is 154 Å². The molecule has 0 saturated carbocycles. The van der Waals surface area contributed by atoms with Gasteiger partial charge in [-0.3, -0.25) is 33.8 Å². The number of nitrogens with zero attached hydrogens (tertiary/aromatic N) is 2. The van der Waals surface area contributed by atoms with Crippen LogP contribution in [-0.2, 0) is 43.1 Å². The normalized spacial score (nSPS) is 18.7. The van der Waals surface area contributed by atoms with E-state index < -0.39 is 17.6 Å². The Balaban J connectivity index is 0.000000214. The van der Waals surface area contributed by atoms with Crippen molar-refractivity contribution in [2.45, 2.75) is 69.6 Å². The van der Waals surface area contributed by atoms with Gasteiger partial charge in [-0.2, -0.15) is 0 Å². The first-order valence-corrected chi connectivity index (χ1v) is 29.4. The predicted octanol–water partition coefficient (Wildman–Crippen LogP) is 0.430. The second-order valence-electron chi connectivity index (χ2n) is 21.9. The molecule has 0 bridgehead atoms. The molecule has 4 unspecified atom stereocenters. The van der Waals surface area contributed by atoms with Gasteiger partial charge in [0.05, 0.1) is 19.1 Å². The molecule has 3 aliphatic carbocycles. The van der Waals surface area contributed by atoms with Crippen molar-refractivity contribution in [2.24, 2.45) is 0 Å². The van der Waals surface area contributed by atoms with Crippen LogP contribution in [0, 0.1) is 0 Å². The Hall–Kier alpha value is -7.15. The van der Waals surface area contributed by atoms with Gasteiger partial charge in [-0.25, -0.2) is 14.4 Å². The Kier molecular flexibility index (Phi) is 28.3. The van der Waals surface area contributed by atoms with Crippen molar-refractivity contribution in [1.29, 1.82) is 0 Å². The number of amides is 6. The minimum atomic E-state index is -0.753. The van der Waals surface area contributed by atoms with E-state index in [1.54, 1.807) is 0 Å². The zero-order chi connectivity index (χ0) is 62.7. The molecule has 6 aromatic rings. The fraction of sp³-hybridized carbons (Fsp3) is 0.333. The van der Waals surface area contributed by atoms with E-state index in [9.17, 15) is 33.6 Å². The summed E-state index contributed by atoms with van der Waals surface area (Å²) in [6, 6.07) is 49.9. The van der Waals surface area contributed by atoms with Gasteiger partial charge in [0.2, 0.25) is 23.6 Å². The Bertz CT molecular complexity index is 3330. The molecular formula is C66H73ClN8Na2O13. The molecule has 90 heavy (non-hydrogen) atoms. The summed E-state index contributed by atoms with van der Waals surface area (Å²) in [5.41, 5.74) is 13.6. The molecule has 4 fully saturated rings. The van der Waals surface area contributed by atoms with Gasteiger partial charge < -0.3 is 57.7 Å². The van der Waals surface area contributed by atoms with Gasteiger partial charge >= 0.3 is 76.7 Å². The number of carbonyl (C=O) groups excluding carboxylic acids is 8. The number of fused-ring (bicyclic) bond motifs is 9. The van der Waals surface area contributed by atoms with Crippen molar-refractivity contribution in [3.8, 4) is 33.4 Å². The number of nitrogens with one attached hydrogen (secondary N) is 6. The van der Waals surface area contributed by atoms with Crippen molar-refractivity contribution in [3.63, 3.8) is 0 Å². The van der Waals surface area contributed by atoms with Crippen LogP contribution in [0.5, 0.6) is 0 Å². The van der Waals surface area contributed by atoms with E-state index in [0.29, 0.717) is 38.3 Å². The first-order valence-electron chi connectivity index (χ1n) is 29.0. The van der Waals surface area contributed by atoms with Gasteiger partial charge in [-0.1, -0.05) is 146 Å².